The normalized spacial score (nSPS) is 12.3. The molecule has 1 aromatic rings. The van der Waals surface area contributed by atoms with Gasteiger partial charge in [0.2, 0.25) is 0 Å². The third-order valence-electron chi connectivity index (χ3n) is 2.33. The topological polar surface area (TPSA) is 63.4 Å². The molecular formula is C10H14F2N2O2S. The molecule has 7 heteroatoms. The van der Waals surface area contributed by atoms with Gasteiger partial charge in [0.05, 0.1) is 0 Å². The van der Waals surface area contributed by atoms with Crippen LogP contribution in [0.25, 0.3) is 0 Å². The van der Waals surface area contributed by atoms with E-state index >= 15 is 0 Å². The fraction of sp³-hybridized carbons (Fsp3) is 0.400. The highest BCUT2D eigenvalue weighted by Gasteiger charge is 2.28. The Labute approximate surface area is 99.1 Å². The van der Waals surface area contributed by atoms with Crippen molar-refractivity contribution in [2.24, 2.45) is 0 Å². The summed E-state index contributed by atoms with van der Waals surface area (Å²) in [6.07, 6.45) is 0.341. The Kier molecular flexibility index (Phi) is 4.41. The number of nitrogens with zero attached hydrogens (tertiary/aromatic N) is 1. The van der Waals surface area contributed by atoms with Crippen LogP contribution in [0.1, 0.15) is 5.56 Å². The summed E-state index contributed by atoms with van der Waals surface area (Å²) in [6.45, 7) is -0.00384. The predicted molar refractivity (Wildman–Crippen MR) is 62.1 cm³/mol. The molecule has 0 unspecified atom stereocenters. The monoisotopic (exact) mass is 264 g/mol. The maximum absolute atomic E-state index is 12.2. The van der Waals surface area contributed by atoms with Crippen molar-refractivity contribution >= 4 is 15.7 Å². The van der Waals surface area contributed by atoms with Gasteiger partial charge in [0.1, 0.15) is 0 Å². The predicted octanol–water partition coefficient (Wildman–Crippen LogP) is 1.30. The number of nitrogen functional groups attached to an aromatic ring is 1. The minimum absolute atomic E-state index is 0.00384. The largest absolute Gasteiger partial charge is 0.399 e. The van der Waals surface area contributed by atoms with Crippen LogP contribution >= 0.6 is 0 Å². The summed E-state index contributed by atoms with van der Waals surface area (Å²) in [6, 6.07) is 6.87. The van der Waals surface area contributed by atoms with E-state index < -0.39 is 15.8 Å². The summed E-state index contributed by atoms with van der Waals surface area (Å²) in [4.78, 5) is 0. The molecule has 0 aliphatic heterocycles. The van der Waals surface area contributed by atoms with Gasteiger partial charge in [0.15, 0.2) is 0 Å². The van der Waals surface area contributed by atoms with Crippen molar-refractivity contribution in [3.05, 3.63) is 29.8 Å². The van der Waals surface area contributed by atoms with Gasteiger partial charge in [-0.05, 0) is 24.1 Å². The second-order valence-electron chi connectivity index (χ2n) is 3.62. The van der Waals surface area contributed by atoms with Crippen molar-refractivity contribution in [3.63, 3.8) is 0 Å². The average molecular weight is 264 g/mol. The molecule has 1 rings (SSSR count). The van der Waals surface area contributed by atoms with Gasteiger partial charge in [-0.15, -0.1) is 0 Å². The molecule has 0 heterocycles. The van der Waals surface area contributed by atoms with Crippen LogP contribution in [0.4, 0.5) is 14.5 Å². The minimum Gasteiger partial charge on any atom is -0.399 e. The number of alkyl halides is 2. The standard InChI is InChI=1S/C10H14F2N2O2S/c1-14(17(15,16)10(11)12)6-5-8-3-2-4-9(13)7-8/h2-4,7,10H,5-6,13H2,1H3. The summed E-state index contributed by atoms with van der Waals surface area (Å²) in [5.74, 6) is -3.38. The fourth-order valence-electron chi connectivity index (χ4n) is 1.30. The molecule has 2 N–H and O–H groups in total. The molecule has 0 aliphatic rings. The van der Waals surface area contributed by atoms with E-state index in [4.69, 9.17) is 5.73 Å². The van der Waals surface area contributed by atoms with Crippen LogP contribution in [0, 0.1) is 0 Å². The fourth-order valence-corrected chi connectivity index (χ4v) is 1.92. The van der Waals surface area contributed by atoms with Crippen molar-refractivity contribution in [1.82, 2.24) is 4.31 Å². The number of nitrogens with two attached hydrogens (primary N) is 1. The molecular weight excluding hydrogens is 250 g/mol. The molecule has 0 saturated carbocycles. The van der Waals surface area contributed by atoms with Gasteiger partial charge in [0, 0.05) is 19.3 Å². The highest BCUT2D eigenvalue weighted by molar-refractivity contribution is 7.89. The maximum Gasteiger partial charge on any atom is 0.350 e. The number of sulfonamides is 1. The van der Waals surface area contributed by atoms with Crippen LogP contribution < -0.4 is 5.73 Å². The molecule has 1 aromatic carbocycles. The van der Waals surface area contributed by atoms with E-state index in [1.165, 1.54) is 0 Å². The second kappa shape index (κ2) is 5.42. The Balaban J connectivity index is 2.63. The maximum atomic E-state index is 12.2. The van der Waals surface area contributed by atoms with Crippen LogP contribution in [0.2, 0.25) is 0 Å². The molecule has 0 aliphatic carbocycles. The Morgan fingerprint density at radius 2 is 2.06 bits per heavy atom. The molecule has 0 radical (unpaired) electrons. The van der Waals surface area contributed by atoms with Gasteiger partial charge in [0.25, 0.3) is 10.0 Å². The van der Waals surface area contributed by atoms with Crippen molar-refractivity contribution in [2.75, 3.05) is 19.3 Å². The number of hydrogen-bond donors (Lipinski definition) is 1. The van der Waals surface area contributed by atoms with Crippen molar-refractivity contribution in [2.45, 2.75) is 12.2 Å². The van der Waals surface area contributed by atoms with Crippen molar-refractivity contribution in [1.29, 1.82) is 0 Å². The summed E-state index contributed by atoms with van der Waals surface area (Å²) >= 11 is 0. The molecule has 0 atom stereocenters. The summed E-state index contributed by atoms with van der Waals surface area (Å²) in [5.41, 5.74) is 6.91. The average Bonchev–Trinajstić information content (AvgIpc) is 2.25. The number of halogens is 2. The van der Waals surface area contributed by atoms with E-state index in [2.05, 4.69) is 0 Å². The Hall–Kier alpha value is -1.21. The summed E-state index contributed by atoms with van der Waals surface area (Å²) < 4.78 is 47.2. The van der Waals surface area contributed by atoms with Gasteiger partial charge in [-0.1, -0.05) is 12.1 Å². The van der Waals surface area contributed by atoms with E-state index in [-0.39, 0.29) is 6.54 Å². The minimum atomic E-state index is -4.49. The number of likely N-dealkylation sites (N-methyl/N-ethyl adjacent to an activating group) is 1. The third kappa shape index (κ3) is 3.64. The Bertz CT molecular complexity index is 477. The number of hydrogen-bond acceptors (Lipinski definition) is 3. The summed E-state index contributed by atoms with van der Waals surface area (Å²) in [5, 5.41) is 0. The number of rotatable bonds is 5. The van der Waals surface area contributed by atoms with Crippen LogP contribution in [0.3, 0.4) is 0 Å². The van der Waals surface area contributed by atoms with E-state index in [9.17, 15) is 17.2 Å². The van der Waals surface area contributed by atoms with Crippen LogP contribution in [0.5, 0.6) is 0 Å². The molecule has 0 fully saturated rings. The zero-order valence-electron chi connectivity index (χ0n) is 9.31. The molecule has 17 heavy (non-hydrogen) atoms. The quantitative estimate of drug-likeness (QED) is 0.815. The highest BCUT2D eigenvalue weighted by Crippen LogP contribution is 2.12. The van der Waals surface area contributed by atoms with Crippen LogP contribution in [0.15, 0.2) is 24.3 Å². The molecule has 0 amide bonds. The molecule has 0 spiro atoms. The lowest BCUT2D eigenvalue weighted by molar-refractivity contribution is 0.222. The first-order chi connectivity index (χ1) is 7.84. The van der Waals surface area contributed by atoms with E-state index in [0.29, 0.717) is 16.4 Å². The van der Waals surface area contributed by atoms with Gasteiger partial charge in [-0.3, -0.25) is 0 Å². The van der Waals surface area contributed by atoms with Gasteiger partial charge in [-0.2, -0.15) is 13.1 Å². The Morgan fingerprint density at radius 1 is 1.41 bits per heavy atom. The lowest BCUT2D eigenvalue weighted by atomic mass is 10.1. The lowest BCUT2D eigenvalue weighted by Gasteiger charge is -2.16. The lowest BCUT2D eigenvalue weighted by Crippen LogP contribution is -2.33. The number of anilines is 1. The van der Waals surface area contributed by atoms with Crippen LogP contribution in [-0.2, 0) is 16.4 Å². The van der Waals surface area contributed by atoms with Gasteiger partial charge in [-0.25, -0.2) is 8.42 Å². The first-order valence-electron chi connectivity index (χ1n) is 4.92. The first kappa shape index (κ1) is 13.9. The second-order valence-corrected chi connectivity index (χ2v) is 5.63. The van der Waals surface area contributed by atoms with Crippen LogP contribution in [-0.4, -0.2) is 32.1 Å². The van der Waals surface area contributed by atoms with E-state index in [1.807, 2.05) is 0 Å². The SMILES string of the molecule is CN(CCc1cccc(N)c1)S(=O)(=O)C(F)F. The van der Waals surface area contributed by atoms with E-state index in [1.54, 1.807) is 24.3 Å². The van der Waals surface area contributed by atoms with Crippen molar-refractivity contribution < 1.29 is 17.2 Å². The molecule has 96 valence electrons. The zero-order valence-corrected chi connectivity index (χ0v) is 10.1. The molecule has 4 nitrogen and oxygen atoms in total. The van der Waals surface area contributed by atoms with Gasteiger partial charge >= 0.3 is 5.76 Å². The molecule has 0 bridgehead atoms. The highest BCUT2D eigenvalue weighted by atomic mass is 32.2. The molecule has 0 aromatic heterocycles. The van der Waals surface area contributed by atoms with E-state index in [0.717, 1.165) is 12.6 Å². The smallest absolute Gasteiger partial charge is 0.350 e. The van der Waals surface area contributed by atoms with Gasteiger partial charge < -0.3 is 5.73 Å². The zero-order chi connectivity index (χ0) is 13.1. The number of benzene rings is 1. The molecule has 0 saturated heterocycles. The summed E-state index contributed by atoms with van der Waals surface area (Å²) in [7, 11) is -3.36. The Morgan fingerprint density at radius 3 is 2.59 bits per heavy atom. The first-order valence-corrected chi connectivity index (χ1v) is 6.42. The van der Waals surface area contributed by atoms with Crippen molar-refractivity contribution in [3.8, 4) is 0 Å². The third-order valence-corrected chi connectivity index (χ3v) is 3.83.